The number of aryl methyl sites for hydroxylation is 1. The summed E-state index contributed by atoms with van der Waals surface area (Å²) in [4.78, 5) is 0. The number of nitrogens with zero attached hydrogens (tertiary/aromatic N) is 2. The van der Waals surface area contributed by atoms with Crippen molar-refractivity contribution in [3.63, 3.8) is 0 Å². The molecule has 0 spiro atoms. The highest BCUT2D eigenvalue weighted by molar-refractivity contribution is 5.28. The molecule has 1 heterocycles. The quantitative estimate of drug-likeness (QED) is 0.808. The van der Waals surface area contributed by atoms with Crippen molar-refractivity contribution >= 4 is 0 Å². The lowest BCUT2D eigenvalue weighted by molar-refractivity contribution is 0.437. The topological polar surface area (TPSA) is 43.8 Å². The normalized spacial score (nSPS) is 14.8. The first kappa shape index (κ1) is 15.2. The summed E-state index contributed by atoms with van der Waals surface area (Å²) >= 11 is 0. The maximum atomic E-state index is 5.98. The van der Waals surface area contributed by atoms with Crippen LogP contribution in [0.4, 0.5) is 0 Å². The standard InChI is InChI=1S/C15H29N3/c1-6-9-12(5)18-15(8-3)13(10-11(4)16)14(7-2)17-18/h11-12H,6-10,16H2,1-5H3. The summed E-state index contributed by atoms with van der Waals surface area (Å²) in [6, 6.07) is 0.705. The number of rotatable bonds is 7. The average Bonchev–Trinajstić information content (AvgIpc) is 2.66. The van der Waals surface area contributed by atoms with Crippen molar-refractivity contribution in [3.8, 4) is 0 Å². The molecule has 3 nitrogen and oxygen atoms in total. The largest absolute Gasteiger partial charge is 0.328 e. The van der Waals surface area contributed by atoms with E-state index in [0.717, 1.165) is 19.3 Å². The van der Waals surface area contributed by atoms with Gasteiger partial charge in [-0.25, -0.2) is 0 Å². The summed E-state index contributed by atoms with van der Waals surface area (Å²) < 4.78 is 2.25. The third-order valence-electron chi connectivity index (χ3n) is 3.52. The van der Waals surface area contributed by atoms with Crippen LogP contribution in [0.15, 0.2) is 0 Å². The van der Waals surface area contributed by atoms with E-state index in [4.69, 9.17) is 10.8 Å². The van der Waals surface area contributed by atoms with E-state index in [9.17, 15) is 0 Å². The molecule has 0 amide bonds. The third kappa shape index (κ3) is 3.35. The Morgan fingerprint density at radius 2 is 1.83 bits per heavy atom. The lowest BCUT2D eigenvalue weighted by atomic mass is 10.0. The maximum absolute atomic E-state index is 5.98. The van der Waals surface area contributed by atoms with Crippen LogP contribution in [-0.4, -0.2) is 15.8 Å². The van der Waals surface area contributed by atoms with E-state index in [-0.39, 0.29) is 6.04 Å². The molecule has 0 radical (unpaired) electrons. The van der Waals surface area contributed by atoms with Crippen molar-refractivity contribution < 1.29 is 0 Å². The molecule has 18 heavy (non-hydrogen) atoms. The average molecular weight is 251 g/mol. The van der Waals surface area contributed by atoms with Crippen molar-refractivity contribution in [2.24, 2.45) is 5.73 Å². The molecule has 0 saturated carbocycles. The Morgan fingerprint density at radius 3 is 2.28 bits per heavy atom. The Balaban J connectivity index is 3.15. The van der Waals surface area contributed by atoms with Gasteiger partial charge >= 0.3 is 0 Å². The van der Waals surface area contributed by atoms with Crippen molar-refractivity contribution in [1.29, 1.82) is 0 Å². The Labute approximate surface area is 112 Å². The fourth-order valence-corrected chi connectivity index (χ4v) is 2.68. The molecular formula is C15H29N3. The predicted octanol–water partition coefficient (Wildman–Crippen LogP) is 3.26. The molecule has 0 saturated heterocycles. The minimum absolute atomic E-state index is 0.208. The summed E-state index contributed by atoms with van der Waals surface area (Å²) in [5.41, 5.74) is 10.0. The minimum Gasteiger partial charge on any atom is -0.328 e. The zero-order chi connectivity index (χ0) is 13.7. The van der Waals surface area contributed by atoms with E-state index in [0.29, 0.717) is 6.04 Å². The molecule has 3 heteroatoms. The molecule has 0 aliphatic rings. The van der Waals surface area contributed by atoms with Gasteiger partial charge in [-0.1, -0.05) is 27.2 Å². The smallest absolute Gasteiger partial charge is 0.0657 e. The van der Waals surface area contributed by atoms with Gasteiger partial charge in [-0.05, 0) is 45.1 Å². The number of hydrogen-bond donors (Lipinski definition) is 1. The van der Waals surface area contributed by atoms with Crippen LogP contribution in [0.5, 0.6) is 0 Å². The summed E-state index contributed by atoms with van der Waals surface area (Å²) in [5, 5.41) is 4.83. The number of aromatic nitrogens is 2. The molecule has 1 aromatic rings. The van der Waals surface area contributed by atoms with Crippen LogP contribution in [0.3, 0.4) is 0 Å². The molecule has 104 valence electrons. The highest BCUT2D eigenvalue weighted by atomic mass is 15.3. The number of nitrogens with two attached hydrogens (primary N) is 1. The molecule has 2 N–H and O–H groups in total. The van der Waals surface area contributed by atoms with Gasteiger partial charge in [0.1, 0.15) is 0 Å². The van der Waals surface area contributed by atoms with E-state index in [1.165, 1.54) is 29.8 Å². The van der Waals surface area contributed by atoms with Gasteiger partial charge in [0.05, 0.1) is 5.69 Å². The Morgan fingerprint density at radius 1 is 1.17 bits per heavy atom. The van der Waals surface area contributed by atoms with E-state index >= 15 is 0 Å². The zero-order valence-electron chi connectivity index (χ0n) is 12.7. The van der Waals surface area contributed by atoms with Gasteiger partial charge in [0.2, 0.25) is 0 Å². The maximum Gasteiger partial charge on any atom is 0.0657 e. The molecule has 0 fully saturated rings. The van der Waals surface area contributed by atoms with Crippen LogP contribution in [0, 0.1) is 0 Å². The highest BCUT2D eigenvalue weighted by Gasteiger charge is 2.19. The Bertz CT molecular complexity index is 366. The fourth-order valence-electron chi connectivity index (χ4n) is 2.68. The monoisotopic (exact) mass is 251 g/mol. The van der Waals surface area contributed by atoms with Crippen LogP contribution in [-0.2, 0) is 19.3 Å². The van der Waals surface area contributed by atoms with E-state index in [2.05, 4.69) is 39.3 Å². The first-order chi connectivity index (χ1) is 8.54. The van der Waals surface area contributed by atoms with Crippen LogP contribution >= 0.6 is 0 Å². The summed E-state index contributed by atoms with van der Waals surface area (Å²) in [6.45, 7) is 11.0. The third-order valence-corrected chi connectivity index (χ3v) is 3.52. The van der Waals surface area contributed by atoms with Gasteiger partial charge in [0.15, 0.2) is 0 Å². The molecule has 0 bridgehead atoms. The molecule has 0 aromatic carbocycles. The van der Waals surface area contributed by atoms with E-state index in [1.807, 2.05) is 0 Å². The van der Waals surface area contributed by atoms with Crippen molar-refractivity contribution in [2.45, 2.75) is 78.8 Å². The second-order valence-corrected chi connectivity index (χ2v) is 5.34. The van der Waals surface area contributed by atoms with E-state index < -0.39 is 0 Å². The van der Waals surface area contributed by atoms with Crippen molar-refractivity contribution in [3.05, 3.63) is 17.0 Å². The van der Waals surface area contributed by atoms with Crippen LogP contribution in [0.1, 0.15) is 70.5 Å². The summed E-state index contributed by atoms with van der Waals surface area (Å²) in [7, 11) is 0. The van der Waals surface area contributed by atoms with Gasteiger partial charge < -0.3 is 5.73 Å². The van der Waals surface area contributed by atoms with Gasteiger partial charge in [0, 0.05) is 17.8 Å². The fraction of sp³-hybridized carbons (Fsp3) is 0.800. The molecule has 0 aliphatic heterocycles. The summed E-state index contributed by atoms with van der Waals surface area (Å²) in [6.07, 6.45) is 5.39. The predicted molar refractivity (Wildman–Crippen MR) is 78.0 cm³/mol. The lowest BCUT2D eigenvalue weighted by Crippen LogP contribution is -2.19. The molecule has 2 unspecified atom stereocenters. The van der Waals surface area contributed by atoms with Crippen molar-refractivity contribution in [2.75, 3.05) is 0 Å². The Hall–Kier alpha value is -0.830. The van der Waals surface area contributed by atoms with Gasteiger partial charge in [0.25, 0.3) is 0 Å². The van der Waals surface area contributed by atoms with Gasteiger partial charge in [-0.15, -0.1) is 0 Å². The van der Waals surface area contributed by atoms with E-state index in [1.54, 1.807) is 0 Å². The molecule has 2 atom stereocenters. The first-order valence-electron chi connectivity index (χ1n) is 7.39. The SMILES string of the molecule is CCCC(C)n1nc(CC)c(CC(C)N)c1CC. The second-order valence-electron chi connectivity index (χ2n) is 5.34. The minimum atomic E-state index is 0.208. The molecular weight excluding hydrogens is 222 g/mol. The second kappa shape index (κ2) is 6.93. The Kier molecular flexibility index (Phi) is 5.86. The summed E-state index contributed by atoms with van der Waals surface area (Å²) in [5.74, 6) is 0. The zero-order valence-corrected chi connectivity index (χ0v) is 12.7. The van der Waals surface area contributed by atoms with Crippen LogP contribution in [0.2, 0.25) is 0 Å². The molecule has 1 rings (SSSR count). The van der Waals surface area contributed by atoms with Crippen LogP contribution < -0.4 is 5.73 Å². The number of hydrogen-bond acceptors (Lipinski definition) is 2. The van der Waals surface area contributed by atoms with Crippen molar-refractivity contribution in [1.82, 2.24) is 9.78 Å². The highest BCUT2D eigenvalue weighted by Crippen LogP contribution is 2.23. The van der Waals surface area contributed by atoms with Gasteiger partial charge in [-0.3, -0.25) is 4.68 Å². The van der Waals surface area contributed by atoms with Crippen LogP contribution in [0.25, 0.3) is 0 Å². The molecule has 1 aromatic heterocycles. The molecule has 0 aliphatic carbocycles. The lowest BCUT2D eigenvalue weighted by Gasteiger charge is -2.15. The first-order valence-corrected chi connectivity index (χ1v) is 7.39. The van der Waals surface area contributed by atoms with Gasteiger partial charge in [-0.2, -0.15) is 5.10 Å².